The van der Waals surface area contributed by atoms with Crippen LogP contribution in [0, 0.1) is 13.8 Å². The first-order valence-corrected chi connectivity index (χ1v) is 10.5. The van der Waals surface area contributed by atoms with Crippen LogP contribution in [0.5, 0.6) is 0 Å². The van der Waals surface area contributed by atoms with Crippen molar-refractivity contribution >= 4 is 45.5 Å². The van der Waals surface area contributed by atoms with E-state index in [4.69, 9.17) is 0 Å². The number of carbonyl (C=O) groups is 1. The van der Waals surface area contributed by atoms with Crippen molar-refractivity contribution < 1.29 is 4.79 Å². The summed E-state index contributed by atoms with van der Waals surface area (Å²) in [5, 5.41) is 18.0. The molecule has 6 nitrogen and oxygen atoms in total. The number of hydrogen-bond acceptors (Lipinski definition) is 7. The molecule has 1 N–H and O–H groups in total. The summed E-state index contributed by atoms with van der Waals surface area (Å²) in [7, 11) is 1.92. The van der Waals surface area contributed by atoms with Gasteiger partial charge < -0.3 is 5.32 Å². The molecular weight excluding hydrogens is 374 g/mol. The molecule has 0 fully saturated rings. The Morgan fingerprint density at radius 2 is 2.20 bits per heavy atom. The van der Waals surface area contributed by atoms with Gasteiger partial charge in [-0.15, -0.1) is 21.5 Å². The molecule has 0 aliphatic heterocycles. The number of thiophene rings is 1. The number of aromatic nitrogens is 4. The number of anilines is 1. The van der Waals surface area contributed by atoms with Crippen molar-refractivity contribution in [1.82, 2.24) is 20.0 Å². The van der Waals surface area contributed by atoms with Crippen molar-refractivity contribution in [2.45, 2.75) is 36.8 Å². The molecule has 0 unspecified atom stereocenters. The van der Waals surface area contributed by atoms with Crippen molar-refractivity contribution in [3.05, 3.63) is 39.3 Å². The molecule has 0 aliphatic rings. The summed E-state index contributed by atoms with van der Waals surface area (Å²) < 4.78 is 2.72. The molecule has 0 aliphatic carbocycles. The highest BCUT2D eigenvalue weighted by Crippen LogP contribution is 2.29. The molecule has 25 heavy (non-hydrogen) atoms. The average molecular weight is 394 g/mol. The summed E-state index contributed by atoms with van der Waals surface area (Å²) in [6.07, 6.45) is 1.08. The standard InChI is InChI=1S/C16H19N5OS3/c1-10-13(11(2)21(3)20-10)6-7-14(22)17-15-18-19-16(25-15)24-9-12-5-4-8-23-12/h4-5,8H,6-7,9H2,1-3H3,(H,17,18,22). The van der Waals surface area contributed by atoms with Gasteiger partial charge in [-0.05, 0) is 37.3 Å². The first-order valence-electron chi connectivity index (χ1n) is 7.80. The van der Waals surface area contributed by atoms with Gasteiger partial charge in [-0.1, -0.05) is 29.2 Å². The number of aryl methyl sites for hydroxylation is 2. The molecule has 1 amide bonds. The van der Waals surface area contributed by atoms with Crippen LogP contribution in [-0.2, 0) is 24.0 Å². The second-order valence-electron chi connectivity index (χ2n) is 5.56. The normalized spacial score (nSPS) is 11.0. The molecule has 3 aromatic heterocycles. The maximum Gasteiger partial charge on any atom is 0.226 e. The molecule has 3 aromatic rings. The van der Waals surface area contributed by atoms with Crippen LogP contribution in [-0.4, -0.2) is 25.9 Å². The Morgan fingerprint density at radius 3 is 2.88 bits per heavy atom. The van der Waals surface area contributed by atoms with Gasteiger partial charge in [0, 0.05) is 29.8 Å². The van der Waals surface area contributed by atoms with Crippen LogP contribution in [0.25, 0.3) is 0 Å². The average Bonchev–Trinajstić information content (AvgIpc) is 3.28. The number of nitrogens with one attached hydrogen (secondary N) is 1. The predicted molar refractivity (Wildman–Crippen MR) is 103 cm³/mol. The Kier molecular flexibility index (Phi) is 5.87. The van der Waals surface area contributed by atoms with Crippen LogP contribution in [0.15, 0.2) is 21.9 Å². The summed E-state index contributed by atoms with van der Waals surface area (Å²) in [5.74, 6) is 0.827. The Hall–Kier alpha value is -1.71. The highest BCUT2D eigenvalue weighted by molar-refractivity contribution is 8.00. The van der Waals surface area contributed by atoms with Gasteiger partial charge in [-0.3, -0.25) is 9.48 Å². The predicted octanol–water partition coefficient (Wildman–Crippen LogP) is 3.81. The highest BCUT2D eigenvalue weighted by atomic mass is 32.2. The van der Waals surface area contributed by atoms with Crippen LogP contribution >= 0.6 is 34.4 Å². The SMILES string of the molecule is Cc1nn(C)c(C)c1CCC(=O)Nc1nnc(SCc2cccs2)s1. The van der Waals surface area contributed by atoms with E-state index >= 15 is 0 Å². The maximum atomic E-state index is 12.2. The zero-order chi connectivity index (χ0) is 17.8. The van der Waals surface area contributed by atoms with E-state index in [1.165, 1.54) is 16.2 Å². The van der Waals surface area contributed by atoms with E-state index in [9.17, 15) is 4.79 Å². The van der Waals surface area contributed by atoms with Crippen LogP contribution in [0.2, 0.25) is 0 Å². The van der Waals surface area contributed by atoms with Gasteiger partial charge in [0.2, 0.25) is 11.0 Å². The molecule has 0 atom stereocenters. The Balaban J connectivity index is 1.49. The Labute approximate surface area is 158 Å². The molecule has 132 valence electrons. The third kappa shape index (κ3) is 4.68. The van der Waals surface area contributed by atoms with Crippen molar-refractivity contribution in [1.29, 1.82) is 0 Å². The maximum absolute atomic E-state index is 12.2. The van der Waals surface area contributed by atoms with E-state index < -0.39 is 0 Å². The smallest absolute Gasteiger partial charge is 0.226 e. The van der Waals surface area contributed by atoms with Gasteiger partial charge >= 0.3 is 0 Å². The van der Waals surface area contributed by atoms with Crippen LogP contribution in [0.4, 0.5) is 5.13 Å². The fourth-order valence-corrected chi connectivity index (χ4v) is 4.99. The van der Waals surface area contributed by atoms with Crippen LogP contribution < -0.4 is 5.32 Å². The summed E-state index contributed by atoms with van der Waals surface area (Å²) in [6, 6.07) is 4.14. The van der Waals surface area contributed by atoms with Gasteiger partial charge in [-0.25, -0.2) is 0 Å². The molecule has 0 aromatic carbocycles. The minimum Gasteiger partial charge on any atom is -0.300 e. The van der Waals surface area contributed by atoms with E-state index in [1.54, 1.807) is 23.1 Å². The molecular formula is C16H19N5OS3. The second kappa shape index (κ2) is 8.11. The van der Waals surface area contributed by atoms with E-state index in [0.717, 1.165) is 27.0 Å². The second-order valence-corrected chi connectivity index (χ2v) is 8.79. The van der Waals surface area contributed by atoms with Crippen molar-refractivity contribution in [2.24, 2.45) is 7.05 Å². The number of nitrogens with zero attached hydrogens (tertiary/aromatic N) is 4. The molecule has 0 spiro atoms. The topological polar surface area (TPSA) is 72.7 Å². The fraction of sp³-hybridized carbons (Fsp3) is 0.375. The number of rotatable bonds is 7. The van der Waals surface area contributed by atoms with Gasteiger partial charge in [0.1, 0.15) is 0 Å². The lowest BCUT2D eigenvalue weighted by atomic mass is 10.1. The minimum atomic E-state index is -0.0476. The Morgan fingerprint density at radius 1 is 1.36 bits per heavy atom. The van der Waals surface area contributed by atoms with Crippen LogP contribution in [0.3, 0.4) is 0 Å². The number of thioether (sulfide) groups is 1. The zero-order valence-corrected chi connectivity index (χ0v) is 16.7. The summed E-state index contributed by atoms with van der Waals surface area (Å²) in [4.78, 5) is 13.5. The third-order valence-electron chi connectivity index (χ3n) is 3.83. The van der Waals surface area contributed by atoms with Crippen molar-refractivity contribution in [3.8, 4) is 0 Å². The zero-order valence-electron chi connectivity index (χ0n) is 14.3. The fourth-order valence-electron chi connectivity index (χ4n) is 2.45. The van der Waals surface area contributed by atoms with E-state index in [0.29, 0.717) is 18.0 Å². The number of amides is 1. The molecule has 9 heteroatoms. The number of hydrogen-bond donors (Lipinski definition) is 1. The highest BCUT2D eigenvalue weighted by Gasteiger charge is 2.13. The van der Waals surface area contributed by atoms with E-state index in [2.05, 4.69) is 32.1 Å². The van der Waals surface area contributed by atoms with Crippen molar-refractivity contribution in [3.63, 3.8) is 0 Å². The summed E-state index contributed by atoms with van der Waals surface area (Å²) in [6.45, 7) is 4.00. The number of carbonyl (C=O) groups excluding carboxylic acids is 1. The lowest BCUT2D eigenvalue weighted by Gasteiger charge is -2.02. The van der Waals surface area contributed by atoms with E-state index in [-0.39, 0.29) is 5.91 Å². The molecule has 3 rings (SSSR count). The first kappa shape index (κ1) is 18.1. The lowest BCUT2D eigenvalue weighted by Crippen LogP contribution is -2.12. The van der Waals surface area contributed by atoms with Gasteiger partial charge in [0.05, 0.1) is 5.69 Å². The van der Waals surface area contributed by atoms with Crippen LogP contribution in [0.1, 0.15) is 28.2 Å². The largest absolute Gasteiger partial charge is 0.300 e. The van der Waals surface area contributed by atoms with E-state index in [1.807, 2.05) is 31.6 Å². The third-order valence-corrected chi connectivity index (χ3v) is 6.91. The monoisotopic (exact) mass is 393 g/mol. The van der Waals surface area contributed by atoms with Gasteiger partial charge in [-0.2, -0.15) is 5.10 Å². The molecule has 0 radical (unpaired) electrons. The van der Waals surface area contributed by atoms with Gasteiger partial charge in [0.25, 0.3) is 0 Å². The first-order chi connectivity index (χ1) is 12.0. The Bertz CT molecular complexity index is 853. The molecule has 0 saturated carbocycles. The molecule has 3 heterocycles. The molecule has 0 saturated heterocycles. The summed E-state index contributed by atoms with van der Waals surface area (Å²) in [5.41, 5.74) is 3.23. The minimum absolute atomic E-state index is 0.0476. The quantitative estimate of drug-likeness (QED) is 0.488. The van der Waals surface area contributed by atoms with Gasteiger partial charge in [0.15, 0.2) is 4.34 Å². The molecule has 0 bridgehead atoms. The lowest BCUT2D eigenvalue weighted by molar-refractivity contribution is -0.116. The summed E-state index contributed by atoms with van der Waals surface area (Å²) >= 11 is 4.78. The van der Waals surface area contributed by atoms with Crippen molar-refractivity contribution in [2.75, 3.05) is 5.32 Å².